The van der Waals surface area contributed by atoms with Crippen molar-refractivity contribution in [3.8, 4) is 0 Å². The minimum absolute atomic E-state index is 0.230. The number of nitrogens with zero attached hydrogens (tertiary/aromatic N) is 1. The van der Waals surface area contributed by atoms with Gasteiger partial charge in [0.1, 0.15) is 0 Å². The molecule has 0 heterocycles. The monoisotopic (exact) mass is 338 g/mol. The Morgan fingerprint density at radius 3 is 2.46 bits per heavy atom. The lowest BCUT2D eigenvalue weighted by atomic mass is 9.67. The molecule has 0 radical (unpaired) electrons. The van der Waals surface area contributed by atoms with Gasteiger partial charge in [0.25, 0.3) is 0 Å². The van der Waals surface area contributed by atoms with Gasteiger partial charge in [-0.2, -0.15) is 0 Å². The molecule has 2 fully saturated rings. The first-order valence-electron chi connectivity index (χ1n) is 9.40. The fourth-order valence-corrected chi connectivity index (χ4v) is 3.32. The maximum absolute atomic E-state index is 11.7. The maximum Gasteiger partial charge on any atom is 0.223 e. The Hall–Kier alpha value is -1.30. The van der Waals surface area contributed by atoms with Crippen LogP contribution in [0.4, 0.5) is 0 Å². The van der Waals surface area contributed by atoms with Crippen LogP contribution in [0.3, 0.4) is 0 Å². The van der Waals surface area contributed by atoms with Crippen molar-refractivity contribution in [1.82, 2.24) is 16.0 Å². The number of aliphatic imine (C=N–C) groups is 1. The first kappa shape index (κ1) is 19.0. The van der Waals surface area contributed by atoms with Gasteiger partial charge < -0.3 is 20.7 Å². The molecule has 6 heteroatoms. The molecule has 24 heavy (non-hydrogen) atoms. The number of hydrogen-bond acceptors (Lipinski definition) is 3. The smallest absolute Gasteiger partial charge is 0.223 e. The van der Waals surface area contributed by atoms with E-state index in [2.05, 4.69) is 20.9 Å². The zero-order chi connectivity index (χ0) is 17.3. The molecule has 3 N–H and O–H groups in total. The fraction of sp³-hybridized carbons (Fsp3) is 0.889. The number of amides is 1. The lowest BCUT2D eigenvalue weighted by molar-refractivity contribution is -0.127. The van der Waals surface area contributed by atoms with E-state index in [1.165, 1.54) is 25.7 Å². The summed E-state index contributed by atoms with van der Waals surface area (Å²) in [6.07, 6.45) is 9.21. The SMILES string of the molecule is CN=C(NCCCNC(=O)C1CCC1)NCC1(CCOC)CCC1. The molecule has 0 spiro atoms. The highest BCUT2D eigenvalue weighted by Crippen LogP contribution is 2.43. The largest absolute Gasteiger partial charge is 0.385 e. The molecular formula is C18H34N4O2. The summed E-state index contributed by atoms with van der Waals surface area (Å²) in [5, 5.41) is 9.81. The van der Waals surface area contributed by atoms with Crippen molar-refractivity contribution in [3.63, 3.8) is 0 Å². The fourth-order valence-electron chi connectivity index (χ4n) is 3.32. The minimum Gasteiger partial charge on any atom is -0.385 e. The van der Waals surface area contributed by atoms with Crippen molar-refractivity contribution >= 4 is 11.9 Å². The molecular weight excluding hydrogens is 304 g/mol. The van der Waals surface area contributed by atoms with Gasteiger partial charge in [0.05, 0.1) is 0 Å². The molecule has 0 aromatic carbocycles. The Bertz CT molecular complexity index is 417. The molecule has 6 nitrogen and oxygen atoms in total. The van der Waals surface area contributed by atoms with Crippen LogP contribution in [0.5, 0.6) is 0 Å². The topological polar surface area (TPSA) is 74.8 Å². The van der Waals surface area contributed by atoms with Crippen LogP contribution < -0.4 is 16.0 Å². The molecule has 0 bridgehead atoms. The summed E-state index contributed by atoms with van der Waals surface area (Å²) in [4.78, 5) is 16.0. The molecule has 2 saturated carbocycles. The van der Waals surface area contributed by atoms with Gasteiger partial charge >= 0.3 is 0 Å². The second-order valence-electron chi connectivity index (χ2n) is 7.22. The number of guanidine groups is 1. The van der Waals surface area contributed by atoms with E-state index in [0.29, 0.717) is 5.41 Å². The Balaban J connectivity index is 1.56. The Morgan fingerprint density at radius 1 is 1.17 bits per heavy atom. The van der Waals surface area contributed by atoms with E-state index in [9.17, 15) is 4.79 Å². The summed E-state index contributed by atoms with van der Waals surface area (Å²) in [5.41, 5.74) is 0.379. The Labute approximate surface area is 146 Å². The van der Waals surface area contributed by atoms with E-state index in [-0.39, 0.29) is 11.8 Å². The summed E-state index contributed by atoms with van der Waals surface area (Å²) < 4.78 is 5.24. The highest BCUT2D eigenvalue weighted by molar-refractivity contribution is 5.80. The molecule has 0 aliphatic heterocycles. The van der Waals surface area contributed by atoms with Gasteiger partial charge in [0.2, 0.25) is 5.91 Å². The van der Waals surface area contributed by atoms with Crippen molar-refractivity contribution in [2.45, 2.75) is 51.4 Å². The van der Waals surface area contributed by atoms with Gasteiger partial charge in [0.15, 0.2) is 5.96 Å². The zero-order valence-electron chi connectivity index (χ0n) is 15.3. The van der Waals surface area contributed by atoms with Crippen molar-refractivity contribution in [2.24, 2.45) is 16.3 Å². The lowest BCUT2D eigenvalue weighted by Crippen LogP contribution is -2.47. The highest BCUT2D eigenvalue weighted by Gasteiger charge is 2.36. The van der Waals surface area contributed by atoms with E-state index < -0.39 is 0 Å². The van der Waals surface area contributed by atoms with E-state index >= 15 is 0 Å². The van der Waals surface area contributed by atoms with Crippen molar-refractivity contribution in [3.05, 3.63) is 0 Å². The third-order valence-corrected chi connectivity index (χ3v) is 5.53. The summed E-state index contributed by atoms with van der Waals surface area (Å²) >= 11 is 0. The summed E-state index contributed by atoms with van der Waals surface area (Å²) in [7, 11) is 3.57. The molecule has 2 aliphatic rings. The van der Waals surface area contributed by atoms with E-state index in [0.717, 1.165) is 57.9 Å². The van der Waals surface area contributed by atoms with E-state index in [4.69, 9.17) is 4.74 Å². The van der Waals surface area contributed by atoms with E-state index in [1.807, 2.05) is 0 Å². The number of methoxy groups -OCH3 is 1. The first-order valence-corrected chi connectivity index (χ1v) is 9.40. The zero-order valence-corrected chi connectivity index (χ0v) is 15.3. The number of rotatable bonds is 10. The molecule has 2 aliphatic carbocycles. The predicted molar refractivity (Wildman–Crippen MR) is 97.1 cm³/mol. The van der Waals surface area contributed by atoms with Gasteiger partial charge in [-0.05, 0) is 43.9 Å². The van der Waals surface area contributed by atoms with Gasteiger partial charge in [-0.25, -0.2) is 0 Å². The molecule has 0 atom stereocenters. The molecule has 0 saturated heterocycles. The van der Waals surface area contributed by atoms with Crippen LogP contribution in [0.15, 0.2) is 4.99 Å². The van der Waals surface area contributed by atoms with Crippen LogP contribution >= 0.6 is 0 Å². The third kappa shape index (κ3) is 5.65. The van der Waals surface area contributed by atoms with Crippen LogP contribution in [-0.2, 0) is 9.53 Å². The van der Waals surface area contributed by atoms with Gasteiger partial charge in [-0.1, -0.05) is 12.8 Å². The van der Waals surface area contributed by atoms with Gasteiger partial charge in [-0.3, -0.25) is 9.79 Å². The summed E-state index contributed by atoms with van der Waals surface area (Å²) in [6, 6.07) is 0. The second-order valence-corrected chi connectivity index (χ2v) is 7.22. The number of hydrogen-bond donors (Lipinski definition) is 3. The molecule has 1 amide bonds. The van der Waals surface area contributed by atoms with Crippen molar-refractivity contribution in [2.75, 3.05) is 40.4 Å². The quantitative estimate of drug-likeness (QED) is 0.322. The number of nitrogens with one attached hydrogen (secondary N) is 3. The summed E-state index contributed by atoms with van der Waals surface area (Å²) in [6.45, 7) is 3.33. The molecule has 138 valence electrons. The number of carbonyl (C=O) groups excluding carboxylic acids is 1. The van der Waals surface area contributed by atoms with Crippen LogP contribution in [0.25, 0.3) is 0 Å². The average molecular weight is 338 g/mol. The predicted octanol–water partition coefficient (Wildman–Crippen LogP) is 1.66. The van der Waals surface area contributed by atoms with Crippen molar-refractivity contribution in [1.29, 1.82) is 0 Å². The number of ether oxygens (including phenoxy) is 1. The maximum atomic E-state index is 11.7. The standard InChI is InChI=1S/C18H34N4O2/c1-19-17(22-14-18(8-4-9-18)10-13-24-2)21-12-5-11-20-16(23)15-6-3-7-15/h15H,3-14H2,1-2H3,(H,20,23)(H2,19,21,22). The van der Waals surface area contributed by atoms with Gasteiger partial charge in [0, 0.05) is 46.3 Å². The molecule has 0 aromatic heterocycles. The first-order chi connectivity index (χ1) is 11.7. The summed E-state index contributed by atoms with van der Waals surface area (Å²) in [5.74, 6) is 1.36. The van der Waals surface area contributed by atoms with Crippen LogP contribution in [0.2, 0.25) is 0 Å². The van der Waals surface area contributed by atoms with Crippen LogP contribution in [0.1, 0.15) is 51.4 Å². The van der Waals surface area contributed by atoms with Gasteiger partial charge in [-0.15, -0.1) is 0 Å². The Kier molecular flexibility index (Phi) is 7.82. The molecule has 0 unspecified atom stereocenters. The lowest BCUT2D eigenvalue weighted by Gasteiger charge is -2.42. The van der Waals surface area contributed by atoms with Crippen molar-refractivity contribution < 1.29 is 9.53 Å². The van der Waals surface area contributed by atoms with Crippen LogP contribution in [-0.4, -0.2) is 52.3 Å². The van der Waals surface area contributed by atoms with E-state index in [1.54, 1.807) is 14.2 Å². The molecule has 0 aromatic rings. The third-order valence-electron chi connectivity index (χ3n) is 5.53. The number of carbonyl (C=O) groups is 1. The molecule has 2 rings (SSSR count). The highest BCUT2D eigenvalue weighted by atomic mass is 16.5. The average Bonchev–Trinajstić information content (AvgIpc) is 2.49. The Morgan fingerprint density at radius 2 is 1.92 bits per heavy atom. The van der Waals surface area contributed by atoms with Crippen LogP contribution in [0, 0.1) is 11.3 Å². The second kappa shape index (κ2) is 9.87. The normalized spacial score (nSPS) is 20.0. The minimum atomic E-state index is 0.230.